The summed E-state index contributed by atoms with van der Waals surface area (Å²) in [7, 11) is 1.61. The zero-order valence-corrected chi connectivity index (χ0v) is 24.0. The molecule has 2 aromatic heterocycles. The number of ether oxygens (including phenoxy) is 3. The Morgan fingerprint density at radius 3 is 2.60 bits per heavy atom. The van der Waals surface area contributed by atoms with Crippen LogP contribution in [0.3, 0.4) is 0 Å². The highest BCUT2D eigenvalue weighted by Crippen LogP contribution is 2.31. The predicted octanol–water partition coefficient (Wildman–Crippen LogP) is 5.41. The maximum atomic E-state index is 13.7. The molecule has 1 saturated heterocycles. The largest absolute Gasteiger partial charge is 0.497 e. The average molecular weight is 587 g/mol. The van der Waals surface area contributed by atoms with E-state index >= 15 is 0 Å². The summed E-state index contributed by atoms with van der Waals surface area (Å²) in [5, 5.41) is 6.37. The number of imidazole rings is 1. The van der Waals surface area contributed by atoms with Gasteiger partial charge in [0.1, 0.15) is 17.4 Å². The fraction of sp³-hybridized carbons (Fsp3) is 0.375. The van der Waals surface area contributed by atoms with Crippen molar-refractivity contribution < 1.29 is 23.4 Å². The number of hydrogen-bond donors (Lipinski definition) is 3. The lowest BCUT2D eigenvalue weighted by Gasteiger charge is -2.30. The molecule has 1 aliphatic carbocycles. The second kappa shape index (κ2) is 13.3. The summed E-state index contributed by atoms with van der Waals surface area (Å²) < 4.78 is 31.0. The molecule has 3 heterocycles. The molecular formula is C32H35FN6O4. The number of H-pyrrole nitrogens is 1. The molecule has 10 nitrogen and oxygen atoms in total. The molecule has 2 aromatic carbocycles. The van der Waals surface area contributed by atoms with Gasteiger partial charge in [0.05, 0.1) is 49.7 Å². The molecule has 3 N–H and O–H groups in total. The molecule has 43 heavy (non-hydrogen) atoms. The summed E-state index contributed by atoms with van der Waals surface area (Å²) in [5.74, 6) is 1.04. The Morgan fingerprint density at radius 2 is 1.84 bits per heavy atom. The first kappa shape index (κ1) is 28.8. The van der Waals surface area contributed by atoms with Crippen LogP contribution in [0.2, 0.25) is 0 Å². The normalized spacial score (nSPS) is 19.1. The highest BCUT2D eigenvalue weighted by atomic mass is 19.1. The number of nitrogens with one attached hydrogen (secondary N) is 3. The van der Waals surface area contributed by atoms with E-state index in [1.807, 2.05) is 24.3 Å². The number of nitrogens with zero attached hydrogens (tertiary/aromatic N) is 3. The number of carbonyl (C=O) groups is 1. The smallest absolute Gasteiger partial charge is 0.228 e. The number of halogens is 1. The molecule has 6 rings (SSSR count). The molecule has 1 aliphatic heterocycles. The van der Waals surface area contributed by atoms with Gasteiger partial charge >= 0.3 is 0 Å². The van der Waals surface area contributed by atoms with E-state index in [-0.39, 0.29) is 36.9 Å². The third-order valence-electron chi connectivity index (χ3n) is 7.76. The predicted molar refractivity (Wildman–Crippen MR) is 159 cm³/mol. The monoisotopic (exact) mass is 586 g/mol. The molecule has 0 radical (unpaired) electrons. The van der Waals surface area contributed by atoms with Crippen molar-refractivity contribution in [2.75, 3.05) is 25.6 Å². The van der Waals surface area contributed by atoms with Crippen molar-refractivity contribution in [3.8, 4) is 28.4 Å². The highest BCUT2D eigenvalue weighted by molar-refractivity contribution is 5.79. The Hall–Kier alpha value is -4.35. The van der Waals surface area contributed by atoms with Crippen molar-refractivity contribution >= 4 is 17.5 Å². The second-order valence-corrected chi connectivity index (χ2v) is 10.9. The number of aromatic amines is 1. The minimum atomic E-state index is -0.561. The van der Waals surface area contributed by atoms with Crippen LogP contribution in [0.25, 0.3) is 22.6 Å². The molecule has 1 saturated carbocycles. The topological polar surface area (TPSA) is 123 Å². The van der Waals surface area contributed by atoms with Gasteiger partial charge in [0, 0.05) is 29.6 Å². The first-order valence-corrected chi connectivity index (χ1v) is 14.7. The number of carbonyl (C=O) groups excluding carboxylic acids is 1. The van der Waals surface area contributed by atoms with Crippen LogP contribution in [0.15, 0.2) is 60.8 Å². The van der Waals surface area contributed by atoms with Crippen LogP contribution in [0.5, 0.6) is 5.75 Å². The SMILES string of the molecule is COc1cccc(Nc2nccc(-c3[nH]c(CC4OCC(C(=O)NC5CCCCC5)CO4)nc3-c3ccc(F)cc3)n2)c1. The van der Waals surface area contributed by atoms with E-state index in [0.717, 1.165) is 36.9 Å². The van der Waals surface area contributed by atoms with Crippen LogP contribution < -0.4 is 15.4 Å². The van der Waals surface area contributed by atoms with E-state index < -0.39 is 6.29 Å². The highest BCUT2D eigenvalue weighted by Gasteiger charge is 2.30. The van der Waals surface area contributed by atoms with E-state index in [9.17, 15) is 9.18 Å². The Balaban J connectivity index is 1.18. The van der Waals surface area contributed by atoms with Crippen LogP contribution in [0.4, 0.5) is 16.0 Å². The molecule has 11 heteroatoms. The first-order chi connectivity index (χ1) is 21.0. The van der Waals surface area contributed by atoms with Crippen LogP contribution in [0.1, 0.15) is 37.9 Å². The lowest BCUT2D eigenvalue weighted by Crippen LogP contribution is -2.46. The van der Waals surface area contributed by atoms with Crippen molar-refractivity contribution in [3.63, 3.8) is 0 Å². The minimum absolute atomic E-state index is 0.00801. The number of aromatic nitrogens is 4. The van der Waals surface area contributed by atoms with Gasteiger partial charge in [-0.3, -0.25) is 4.79 Å². The number of anilines is 2. The summed E-state index contributed by atoms with van der Waals surface area (Å²) in [6.45, 7) is 0.569. The Morgan fingerprint density at radius 1 is 1.05 bits per heavy atom. The third-order valence-corrected chi connectivity index (χ3v) is 7.76. The van der Waals surface area contributed by atoms with Gasteiger partial charge in [-0.25, -0.2) is 19.3 Å². The molecule has 0 atom stereocenters. The van der Waals surface area contributed by atoms with E-state index in [4.69, 9.17) is 24.2 Å². The molecular weight excluding hydrogens is 551 g/mol. The van der Waals surface area contributed by atoms with Gasteiger partial charge in [-0.2, -0.15) is 0 Å². The molecule has 0 unspecified atom stereocenters. The van der Waals surface area contributed by atoms with Gasteiger partial charge in [-0.15, -0.1) is 0 Å². The van der Waals surface area contributed by atoms with Gasteiger partial charge in [-0.1, -0.05) is 25.3 Å². The average Bonchev–Trinajstić information content (AvgIpc) is 3.46. The van der Waals surface area contributed by atoms with Crippen molar-refractivity contribution in [2.24, 2.45) is 5.92 Å². The lowest BCUT2D eigenvalue weighted by atomic mass is 9.95. The second-order valence-electron chi connectivity index (χ2n) is 10.9. The van der Waals surface area contributed by atoms with Crippen molar-refractivity contribution in [1.29, 1.82) is 0 Å². The first-order valence-electron chi connectivity index (χ1n) is 14.7. The Labute approximate surface area is 249 Å². The molecule has 2 aliphatic rings. The number of methoxy groups -OCH3 is 1. The molecule has 0 spiro atoms. The fourth-order valence-electron chi connectivity index (χ4n) is 5.45. The molecule has 0 bridgehead atoms. The number of amides is 1. The molecule has 1 amide bonds. The van der Waals surface area contributed by atoms with E-state index in [2.05, 4.69) is 20.6 Å². The van der Waals surface area contributed by atoms with Crippen molar-refractivity contribution in [1.82, 2.24) is 25.3 Å². The maximum absolute atomic E-state index is 13.7. The van der Waals surface area contributed by atoms with E-state index in [1.165, 1.54) is 18.6 Å². The molecule has 4 aromatic rings. The summed E-state index contributed by atoms with van der Waals surface area (Å²) in [4.78, 5) is 30.0. The van der Waals surface area contributed by atoms with Crippen molar-refractivity contribution in [3.05, 3.63) is 72.4 Å². The van der Waals surface area contributed by atoms with Gasteiger partial charge in [0.2, 0.25) is 11.9 Å². The van der Waals surface area contributed by atoms with Crippen LogP contribution >= 0.6 is 0 Å². The Kier molecular flexibility index (Phi) is 8.90. The fourth-order valence-corrected chi connectivity index (χ4v) is 5.45. The van der Waals surface area contributed by atoms with Gasteiger partial charge in [0.15, 0.2) is 6.29 Å². The zero-order valence-electron chi connectivity index (χ0n) is 24.0. The van der Waals surface area contributed by atoms with Gasteiger partial charge < -0.3 is 29.8 Å². The van der Waals surface area contributed by atoms with Crippen LogP contribution in [0, 0.1) is 11.7 Å². The van der Waals surface area contributed by atoms with E-state index in [1.54, 1.807) is 31.5 Å². The lowest BCUT2D eigenvalue weighted by molar-refractivity contribution is -0.201. The minimum Gasteiger partial charge on any atom is -0.497 e. The van der Waals surface area contributed by atoms with Gasteiger partial charge in [0.25, 0.3) is 0 Å². The quantitative estimate of drug-likeness (QED) is 0.238. The number of hydrogen-bond acceptors (Lipinski definition) is 8. The van der Waals surface area contributed by atoms with Gasteiger partial charge in [-0.05, 0) is 55.3 Å². The summed E-state index contributed by atoms with van der Waals surface area (Å²) in [5.41, 5.74) is 3.37. The van der Waals surface area contributed by atoms with E-state index in [0.29, 0.717) is 41.0 Å². The summed E-state index contributed by atoms with van der Waals surface area (Å²) >= 11 is 0. The number of rotatable bonds is 9. The number of benzene rings is 2. The summed E-state index contributed by atoms with van der Waals surface area (Å²) in [6.07, 6.45) is 7.05. The molecule has 224 valence electrons. The van der Waals surface area contributed by atoms with Crippen LogP contribution in [-0.4, -0.2) is 58.5 Å². The van der Waals surface area contributed by atoms with Crippen LogP contribution in [-0.2, 0) is 20.7 Å². The zero-order chi connectivity index (χ0) is 29.6. The third kappa shape index (κ3) is 7.18. The summed E-state index contributed by atoms with van der Waals surface area (Å²) in [6, 6.07) is 15.7. The Bertz CT molecular complexity index is 1530. The van der Waals surface area contributed by atoms with Crippen molar-refractivity contribution in [2.45, 2.75) is 50.9 Å². The standard InChI is InChI=1S/C32H35FN6O4/c1-41-25-9-5-8-24(16-25)36-32-34-15-14-26(37-32)30-29(20-10-12-22(33)13-11-20)38-27(39-30)17-28-42-18-21(19-43-28)31(40)35-23-6-3-2-4-7-23/h5,8-16,21,23,28H,2-4,6-7,17-19H2,1H3,(H,35,40)(H,38,39)(H,34,36,37). The maximum Gasteiger partial charge on any atom is 0.228 e. The molecule has 2 fully saturated rings.